The molecule has 6 nitrogen and oxygen atoms in total. The number of nitro benzene ring substituents is 1. The van der Waals surface area contributed by atoms with Crippen LogP contribution in [0.15, 0.2) is 36.4 Å². The van der Waals surface area contributed by atoms with E-state index in [0.29, 0.717) is 17.1 Å². The number of hydrogen-bond acceptors (Lipinski definition) is 5. The van der Waals surface area contributed by atoms with Crippen LogP contribution in [-0.4, -0.2) is 11.7 Å². The summed E-state index contributed by atoms with van der Waals surface area (Å²) in [5.74, 6) is 1.47. The Labute approximate surface area is 138 Å². The molecule has 0 fully saturated rings. The van der Waals surface area contributed by atoms with E-state index < -0.39 is 4.92 Å². The second-order valence-corrected chi connectivity index (χ2v) is 5.66. The van der Waals surface area contributed by atoms with Gasteiger partial charge in [0.2, 0.25) is 6.79 Å². The molecule has 1 atom stereocenters. The van der Waals surface area contributed by atoms with E-state index >= 15 is 0 Å². The minimum Gasteiger partial charge on any atom is -0.454 e. The highest BCUT2D eigenvalue weighted by Crippen LogP contribution is 2.34. The molecule has 3 rings (SSSR count). The van der Waals surface area contributed by atoms with Gasteiger partial charge in [0, 0.05) is 29.7 Å². The van der Waals surface area contributed by atoms with E-state index in [-0.39, 0.29) is 18.5 Å². The summed E-state index contributed by atoms with van der Waals surface area (Å²) in [6, 6.07) is 10.2. The largest absolute Gasteiger partial charge is 0.454 e. The minimum atomic E-state index is -0.429. The van der Waals surface area contributed by atoms with E-state index in [1.807, 2.05) is 25.1 Å². The first-order valence-electron chi connectivity index (χ1n) is 7.10. The highest BCUT2D eigenvalue weighted by atomic mass is 35.5. The van der Waals surface area contributed by atoms with Crippen LogP contribution >= 0.6 is 11.6 Å². The fraction of sp³-hybridized carbons (Fsp3) is 0.250. The summed E-state index contributed by atoms with van der Waals surface area (Å²) < 4.78 is 10.7. The molecule has 0 saturated heterocycles. The van der Waals surface area contributed by atoms with Gasteiger partial charge in [0.15, 0.2) is 11.5 Å². The van der Waals surface area contributed by atoms with Crippen molar-refractivity contribution in [1.82, 2.24) is 5.32 Å². The van der Waals surface area contributed by atoms with Gasteiger partial charge < -0.3 is 14.8 Å². The highest BCUT2D eigenvalue weighted by Gasteiger charge is 2.16. The SMILES string of the molecule is CC(NCc1cc([N+](=O)[O-])ccc1Cl)c1ccc2c(c1)OCO2. The zero-order valence-corrected chi connectivity index (χ0v) is 13.2. The van der Waals surface area contributed by atoms with Crippen molar-refractivity contribution in [1.29, 1.82) is 0 Å². The molecule has 0 amide bonds. The maximum absolute atomic E-state index is 10.8. The molecule has 0 spiro atoms. The lowest BCUT2D eigenvalue weighted by Crippen LogP contribution is -2.18. The Morgan fingerprint density at radius 2 is 2.04 bits per heavy atom. The smallest absolute Gasteiger partial charge is 0.269 e. The van der Waals surface area contributed by atoms with E-state index in [9.17, 15) is 10.1 Å². The number of non-ortho nitro benzene ring substituents is 1. The Morgan fingerprint density at radius 1 is 1.26 bits per heavy atom. The second-order valence-electron chi connectivity index (χ2n) is 5.25. The summed E-state index contributed by atoms with van der Waals surface area (Å²) in [4.78, 5) is 10.4. The third-order valence-electron chi connectivity index (χ3n) is 3.74. The van der Waals surface area contributed by atoms with Crippen LogP contribution < -0.4 is 14.8 Å². The number of nitrogens with one attached hydrogen (secondary N) is 1. The van der Waals surface area contributed by atoms with Crippen LogP contribution in [0.5, 0.6) is 11.5 Å². The third kappa shape index (κ3) is 3.38. The van der Waals surface area contributed by atoms with Gasteiger partial charge in [-0.25, -0.2) is 0 Å². The van der Waals surface area contributed by atoms with E-state index in [1.54, 1.807) is 6.07 Å². The first kappa shape index (κ1) is 15.6. The van der Waals surface area contributed by atoms with Crippen LogP contribution in [0, 0.1) is 10.1 Å². The molecule has 120 valence electrons. The van der Waals surface area contributed by atoms with Gasteiger partial charge in [0.05, 0.1) is 4.92 Å². The van der Waals surface area contributed by atoms with E-state index in [0.717, 1.165) is 17.1 Å². The van der Waals surface area contributed by atoms with Crippen LogP contribution in [0.2, 0.25) is 5.02 Å². The Kier molecular flexibility index (Phi) is 4.36. The lowest BCUT2D eigenvalue weighted by Gasteiger charge is -2.15. The molecule has 7 heteroatoms. The molecule has 0 aliphatic carbocycles. The Hall–Kier alpha value is -2.31. The van der Waals surface area contributed by atoms with Crippen LogP contribution in [0.1, 0.15) is 24.1 Å². The summed E-state index contributed by atoms with van der Waals surface area (Å²) in [5.41, 5.74) is 1.76. The molecule has 1 unspecified atom stereocenters. The van der Waals surface area contributed by atoms with Crippen molar-refractivity contribution in [2.75, 3.05) is 6.79 Å². The first-order valence-corrected chi connectivity index (χ1v) is 7.48. The maximum Gasteiger partial charge on any atom is 0.269 e. The average Bonchev–Trinajstić information content (AvgIpc) is 3.01. The lowest BCUT2D eigenvalue weighted by atomic mass is 10.1. The molecular formula is C16H15ClN2O4. The van der Waals surface area contributed by atoms with Gasteiger partial charge in [0.25, 0.3) is 5.69 Å². The summed E-state index contributed by atoms with van der Waals surface area (Å²) in [6.07, 6.45) is 0. The number of nitro groups is 1. The quantitative estimate of drug-likeness (QED) is 0.664. The monoisotopic (exact) mass is 334 g/mol. The fourth-order valence-corrected chi connectivity index (χ4v) is 2.56. The molecular weight excluding hydrogens is 320 g/mol. The molecule has 2 aromatic rings. The predicted octanol–water partition coefficient (Wildman–Crippen LogP) is 3.83. The highest BCUT2D eigenvalue weighted by molar-refractivity contribution is 6.31. The molecule has 1 N–H and O–H groups in total. The number of fused-ring (bicyclic) bond motifs is 1. The molecule has 23 heavy (non-hydrogen) atoms. The van der Waals surface area contributed by atoms with E-state index in [1.165, 1.54) is 12.1 Å². The Balaban J connectivity index is 1.70. The minimum absolute atomic E-state index is 0.0276. The van der Waals surface area contributed by atoms with Gasteiger partial charge in [0.1, 0.15) is 0 Å². The molecule has 0 radical (unpaired) electrons. The number of benzene rings is 2. The fourth-order valence-electron chi connectivity index (χ4n) is 2.37. The Bertz CT molecular complexity index is 751. The normalized spacial score (nSPS) is 13.8. The van der Waals surface area contributed by atoms with Crippen LogP contribution in [-0.2, 0) is 6.54 Å². The Morgan fingerprint density at radius 3 is 2.83 bits per heavy atom. The van der Waals surface area contributed by atoms with Gasteiger partial charge in [-0.05, 0) is 36.2 Å². The van der Waals surface area contributed by atoms with Crippen molar-refractivity contribution in [2.24, 2.45) is 0 Å². The standard InChI is InChI=1S/C16H15ClN2O4/c1-10(11-2-5-15-16(7-11)23-9-22-15)18-8-12-6-13(19(20)21)3-4-14(12)17/h2-7,10,18H,8-9H2,1H3. The predicted molar refractivity (Wildman–Crippen MR) is 85.9 cm³/mol. The van der Waals surface area contributed by atoms with Crippen molar-refractivity contribution >= 4 is 17.3 Å². The van der Waals surface area contributed by atoms with Gasteiger partial charge in [-0.3, -0.25) is 10.1 Å². The lowest BCUT2D eigenvalue weighted by molar-refractivity contribution is -0.384. The number of hydrogen-bond donors (Lipinski definition) is 1. The maximum atomic E-state index is 10.8. The van der Waals surface area contributed by atoms with Crippen LogP contribution in [0.4, 0.5) is 5.69 Å². The number of nitrogens with zero attached hydrogens (tertiary/aromatic N) is 1. The summed E-state index contributed by atoms with van der Waals surface area (Å²) in [5, 5.41) is 14.7. The molecule has 1 heterocycles. The second kappa shape index (κ2) is 6.44. The average molecular weight is 335 g/mol. The number of rotatable bonds is 5. The molecule has 0 aromatic heterocycles. The number of ether oxygens (including phenoxy) is 2. The molecule has 0 bridgehead atoms. The van der Waals surface area contributed by atoms with E-state index in [2.05, 4.69) is 5.32 Å². The van der Waals surface area contributed by atoms with Gasteiger partial charge in [-0.1, -0.05) is 17.7 Å². The summed E-state index contributed by atoms with van der Waals surface area (Å²) >= 11 is 6.11. The van der Waals surface area contributed by atoms with Gasteiger partial charge >= 0.3 is 0 Å². The van der Waals surface area contributed by atoms with E-state index in [4.69, 9.17) is 21.1 Å². The van der Waals surface area contributed by atoms with Crippen molar-refractivity contribution in [2.45, 2.75) is 19.5 Å². The zero-order chi connectivity index (χ0) is 16.4. The van der Waals surface area contributed by atoms with Crippen molar-refractivity contribution in [3.8, 4) is 11.5 Å². The summed E-state index contributed by atoms with van der Waals surface area (Å²) in [7, 11) is 0. The van der Waals surface area contributed by atoms with Crippen molar-refractivity contribution in [3.05, 3.63) is 62.7 Å². The third-order valence-corrected chi connectivity index (χ3v) is 4.10. The van der Waals surface area contributed by atoms with Crippen LogP contribution in [0.25, 0.3) is 0 Å². The van der Waals surface area contributed by atoms with Gasteiger partial charge in [-0.15, -0.1) is 0 Å². The molecule has 1 aliphatic heterocycles. The zero-order valence-electron chi connectivity index (χ0n) is 12.4. The molecule has 2 aromatic carbocycles. The topological polar surface area (TPSA) is 73.6 Å². The number of halogens is 1. The van der Waals surface area contributed by atoms with Crippen molar-refractivity contribution < 1.29 is 14.4 Å². The molecule has 0 saturated carbocycles. The van der Waals surface area contributed by atoms with Crippen LogP contribution in [0.3, 0.4) is 0 Å². The molecule has 1 aliphatic rings. The van der Waals surface area contributed by atoms with Gasteiger partial charge in [-0.2, -0.15) is 0 Å². The van der Waals surface area contributed by atoms with Crippen molar-refractivity contribution in [3.63, 3.8) is 0 Å². The summed E-state index contributed by atoms with van der Waals surface area (Å²) in [6.45, 7) is 2.67. The first-order chi connectivity index (χ1) is 11.0.